The highest BCUT2D eigenvalue weighted by atomic mass is 16.1. The number of nitrogens with two attached hydrogens (primary N) is 1. The van der Waals surface area contributed by atoms with Crippen molar-refractivity contribution in [2.24, 2.45) is 5.73 Å². The molecule has 1 rings (SSSR count). The Morgan fingerprint density at radius 3 is 2.42 bits per heavy atom. The van der Waals surface area contributed by atoms with Crippen molar-refractivity contribution in [2.75, 3.05) is 32.7 Å². The molecule has 12 heavy (non-hydrogen) atoms. The van der Waals surface area contributed by atoms with Crippen molar-refractivity contribution < 1.29 is 4.79 Å². The molecule has 1 aliphatic heterocycles. The van der Waals surface area contributed by atoms with Crippen molar-refractivity contribution in [1.82, 2.24) is 9.80 Å². The van der Waals surface area contributed by atoms with Gasteiger partial charge in [-0.3, -0.25) is 9.80 Å². The molecule has 1 saturated heterocycles. The quantitative estimate of drug-likeness (QED) is 0.560. The van der Waals surface area contributed by atoms with E-state index in [0.29, 0.717) is 6.54 Å². The number of aldehydes is 1. The van der Waals surface area contributed by atoms with Gasteiger partial charge in [0, 0.05) is 26.2 Å². The van der Waals surface area contributed by atoms with Gasteiger partial charge in [0.1, 0.15) is 6.29 Å². The molecule has 1 atom stereocenters. The lowest BCUT2D eigenvalue weighted by Crippen LogP contribution is -2.52. The summed E-state index contributed by atoms with van der Waals surface area (Å²) in [6.07, 6.45) is 1.10. The summed E-state index contributed by atoms with van der Waals surface area (Å²) >= 11 is 0. The Morgan fingerprint density at radius 2 is 2.00 bits per heavy atom. The Bertz CT molecular complexity index is 141. The first-order chi connectivity index (χ1) is 5.74. The molecular formula is C8H17N3O. The van der Waals surface area contributed by atoms with Crippen LogP contribution in [0.2, 0.25) is 0 Å². The molecule has 0 aromatic heterocycles. The Kier molecular flexibility index (Phi) is 3.65. The second kappa shape index (κ2) is 4.54. The first kappa shape index (κ1) is 9.64. The summed E-state index contributed by atoms with van der Waals surface area (Å²) in [4.78, 5) is 14.6. The molecule has 4 heteroatoms. The fraction of sp³-hybridized carbons (Fsp3) is 0.875. The molecule has 0 saturated carbocycles. The van der Waals surface area contributed by atoms with Crippen molar-refractivity contribution in [3.63, 3.8) is 0 Å². The molecular weight excluding hydrogens is 154 g/mol. The van der Waals surface area contributed by atoms with E-state index in [9.17, 15) is 4.79 Å². The first-order valence-corrected chi connectivity index (χ1v) is 4.39. The van der Waals surface area contributed by atoms with Crippen LogP contribution in [-0.2, 0) is 4.79 Å². The van der Waals surface area contributed by atoms with E-state index in [-0.39, 0.29) is 6.17 Å². The normalized spacial score (nSPS) is 23.8. The molecule has 0 spiro atoms. The molecule has 0 bridgehead atoms. The van der Waals surface area contributed by atoms with E-state index in [2.05, 4.69) is 9.80 Å². The Morgan fingerprint density at radius 1 is 1.42 bits per heavy atom. The molecule has 0 aromatic rings. The highest BCUT2D eigenvalue weighted by Crippen LogP contribution is 2.01. The summed E-state index contributed by atoms with van der Waals surface area (Å²) in [5.74, 6) is 0. The maximum absolute atomic E-state index is 10.2. The minimum absolute atomic E-state index is 0.142. The molecule has 1 heterocycles. The molecule has 1 unspecified atom stereocenters. The van der Waals surface area contributed by atoms with E-state index in [1.165, 1.54) is 0 Å². The summed E-state index contributed by atoms with van der Waals surface area (Å²) in [6.45, 7) is 6.43. The summed E-state index contributed by atoms with van der Waals surface area (Å²) in [5, 5.41) is 0. The van der Waals surface area contributed by atoms with Crippen LogP contribution in [0.5, 0.6) is 0 Å². The molecule has 0 amide bonds. The number of rotatable bonds is 3. The Labute approximate surface area is 73.3 Å². The number of hydrogen-bond donors (Lipinski definition) is 1. The van der Waals surface area contributed by atoms with Gasteiger partial charge < -0.3 is 10.5 Å². The SMILES string of the molecule is CC(N)N1CCN(CC=O)CC1. The van der Waals surface area contributed by atoms with Crippen LogP contribution in [0.1, 0.15) is 6.92 Å². The molecule has 0 aromatic carbocycles. The summed E-state index contributed by atoms with van der Waals surface area (Å²) in [5.41, 5.74) is 5.72. The van der Waals surface area contributed by atoms with E-state index in [1.807, 2.05) is 6.92 Å². The van der Waals surface area contributed by atoms with E-state index in [4.69, 9.17) is 5.73 Å². The molecule has 0 aliphatic carbocycles. The van der Waals surface area contributed by atoms with Crippen molar-refractivity contribution in [3.8, 4) is 0 Å². The van der Waals surface area contributed by atoms with Gasteiger partial charge in [0.15, 0.2) is 0 Å². The first-order valence-electron chi connectivity index (χ1n) is 4.39. The molecule has 1 fully saturated rings. The third kappa shape index (κ3) is 2.55. The lowest BCUT2D eigenvalue weighted by molar-refractivity contribution is -0.109. The molecule has 70 valence electrons. The maximum Gasteiger partial charge on any atom is 0.133 e. The van der Waals surface area contributed by atoms with E-state index in [1.54, 1.807) is 0 Å². The third-order valence-electron chi connectivity index (χ3n) is 2.32. The van der Waals surface area contributed by atoms with Gasteiger partial charge in [-0.25, -0.2) is 0 Å². The van der Waals surface area contributed by atoms with Gasteiger partial charge in [0.05, 0.1) is 12.7 Å². The van der Waals surface area contributed by atoms with Gasteiger partial charge in [0.2, 0.25) is 0 Å². The van der Waals surface area contributed by atoms with Crippen molar-refractivity contribution in [1.29, 1.82) is 0 Å². The average molecular weight is 171 g/mol. The van der Waals surface area contributed by atoms with Crippen molar-refractivity contribution in [3.05, 3.63) is 0 Å². The molecule has 0 radical (unpaired) electrons. The minimum atomic E-state index is 0.142. The van der Waals surface area contributed by atoms with E-state index < -0.39 is 0 Å². The highest BCUT2D eigenvalue weighted by Gasteiger charge is 2.17. The number of hydrogen-bond acceptors (Lipinski definition) is 4. The van der Waals surface area contributed by atoms with Crippen LogP contribution in [0.3, 0.4) is 0 Å². The summed E-state index contributed by atoms with van der Waals surface area (Å²) < 4.78 is 0. The van der Waals surface area contributed by atoms with Crippen LogP contribution >= 0.6 is 0 Å². The smallest absolute Gasteiger partial charge is 0.133 e. The van der Waals surface area contributed by atoms with Gasteiger partial charge in [0.25, 0.3) is 0 Å². The number of piperazine rings is 1. The van der Waals surface area contributed by atoms with Crippen molar-refractivity contribution in [2.45, 2.75) is 13.1 Å². The summed E-state index contributed by atoms with van der Waals surface area (Å²) in [7, 11) is 0. The van der Waals surface area contributed by atoms with Crippen LogP contribution in [-0.4, -0.2) is 55.0 Å². The summed E-state index contributed by atoms with van der Waals surface area (Å²) in [6, 6.07) is 0. The third-order valence-corrected chi connectivity index (χ3v) is 2.32. The van der Waals surface area contributed by atoms with Gasteiger partial charge in [-0.2, -0.15) is 0 Å². The number of nitrogens with zero attached hydrogens (tertiary/aromatic N) is 2. The second-order valence-corrected chi connectivity index (χ2v) is 3.24. The fourth-order valence-corrected chi connectivity index (χ4v) is 1.46. The molecule has 2 N–H and O–H groups in total. The zero-order valence-electron chi connectivity index (χ0n) is 7.57. The van der Waals surface area contributed by atoms with E-state index in [0.717, 1.165) is 32.5 Å². The predicted molar refractivity (Wildman–Crippen MR) is 47.7 cm³/mol. The van der Waals surface area contributed by atoms with Gasteiger partial charge >= 0.3 is 0 Å². The lowest BCUT2D eigenvalue weighted by Gasteiger charge is -2.35. The topological polar surface area (TPSA) is 49.6 Å². The average Bonchev–Trinajstić information content (AvgIpc) is 2.06. The second-order valence-electron chi connectivity index (χ2n) is 3.24. The van der Waals surface area contributed by atoms with Crippen molar-refractivity contribution >= 4 is 6.29 Å². The van der Waals surface area contributed by atoms with Gasteiger partial charge in [-0.05, 0) is 6.92 Å². The predicted octanol–water partition coefficient (Wildman–Crippen LogP) is -0.892. The Balaban J connectivity index is 2.24. The van der Waals surface area contributed by atoms with Gasteiger partial charge in [-0.1, -0.05) is 0 Å². The van der Waals surface area contributed by atoms with E-state index >= 15 is 0 Å². The Hall–Kier alpha value is -0.450. The maximum atomic E-state index is 10.2. The molecule has 1 aliphatic rings. The monoisotopic (exact) mass is 171 g/mol. The van der Waals surface area contributed by atoms with Crippen LogP contribution in [0.25, 0.3) is 0 Å². The lowest BCUT2D eigenvalue weighted by atomic mass is 10.3. The van der Waals surface area contributed by atoms with Crippen LogP contribution in [0.4, 0.5) is 0 Å². The zero-order valence-corrected chi connectivity index (χ0v) is 7.57. The fourth-order valence-electron chi connectivity index (χ4n) is 1.46. The van der Waals surface area contributed by atoms with Gasteiger partial charge in [-0.15, -0.1) is 0 Å². The van der Waals surface area contributed by atoms with Crippen LogP contribution in [0.15, 0.2) is 0 Å². The highest BCUT2D eigenvalue weighted by molar-refractivity contribution is 5.51. The largest absolute Gasteiger partial charge is 0.316 e. The van der Waals surface area contributed by atoms with Crippen LogP contribution < -0.4 is 5.73 Å². The number of carbonyl (C=O) groups is 1. The molecule has 4 nitrogen and oxygen atoms in total. The number of carbonyl (C=O) groups excluding carboxylic acids is 1. The standard InChI is InChI=1S/C8H17N3O/c1-8(9)11-4-2-10(3-5-11)6-7-12/h7-8H,2-6,9H2,1H3. The van der Waals surface area contributed by atoms with Crippen LogP contribution in [0, 0.1) is 0 Å². The zero-order chi connectivity index (χ0) is 8.97. The minimum Gasteiger partial charge on any atom is -0.316 e.